The lowest BCUT2D eigenvalue weighted by Gasteiger charge is -2.38. The van der Waals surface area contributed by atoms with Crippen LogP contribution in [-0.2, 0) is 19.1 Å². The fraction of sp³-hybridized carbons (Fsp3) is 0.400. The maximum Gasteiger partial charge on any atom is 0.321 e. The van der Waals surface area contributed by atoms with Crippen LogP contribution in [0.3, 0.4) is 0 Å². The van der Waals surface area contributed by atoms with Crippen LogP contribution in [0.25, 0.3) is 11.0 Å². The molecule has 1 aliphatic heterocycles. The summed E-state index contributed by atoms with van der Waals surface area (Å²) in [5.41, 5.74) is 2.33. The summed E-state index contributed by atoms with van der Waals surface area (Å²) in [5.74, 6) is -0.820. The third-order valence-electron chi connectivity index (χ3n) is 5.75. The number of amides is 1. The predicted molar refractivity (Wildman–Crippen MR) is 124 cm³/mol. The van der Waals surface area contributed by atoms with Crippen molar-refractivity contribution in [1.29, 1.82) is 0 Å². The first-order valence-corrected chi connectivity index (χ1v) is 11.3. The lowest BCUT2D eigenvalue weighted by molar-refractivity contribution is -0.153. The Morgan fingerprint density at radius 3 is 2.58 bits per heavy atom. The average molecular weight is 452 g/mol. The molecule has 0 bridgehead atoms. The zero-order valence-electron chi connectivity index (χ0n) is 19.2. The Hall–Kier alpha value is -3.39. The van der Waals surface area contributed by atoms with Crippen molar-refractivity contribution in [2.75, 3.05) is 38.4 Å². The number of hydrogen-bond donors (Lipinski definition) is 0. The van der Waals surface area contributed by atoms with Crippen molar-refractivity contribution in [1.82, 2.24) is 9.55 Å². The Morgan fingerprint density at radius 1 is 1.06 bits per heavy atom. The van der Waals surface area contributed by atoms with Crippen LogP contribution in [0.2, 0.25) is 0 Å². The van der Waals surface area contributed by atoms with E-state index in [1.54, 1.807) is 18.9 Å². The van der Waals surface area contributed by atoms with Gasteiger partial charge in [-0.05, 0) is 38.5 Å². The summed E-state index contributed by atoms with van der Waals surface area (Å²) in [6.45, 7) is 5.16. The van der Waals surface area contributed by atoms with Crippen LogP contribution in [-0.4, -0.2) is 54.9 Å². The van der Waals surface area contributed by atoms with Gasteiger partial charge in [0, 0.05) is 25.8 Å². The summed E-state index contributed by atoms with van der Waals surface area (Å²) in [4.78, 5) is 33.4. The van der Waals surface area contributed by atoms with Crippen LogP contribution in [0.1, 0.15) is 31.9 Å². The lowest BCUT2D eigenvalue weighted by Crippen LogP contribution is -2.50. The van der Waals surface area contributed by atoms with E-state index < -0.39 is 17.9 Å². The summed E-state index contributed by atoms with van der Waals surface area (Å²) in [6.07, 6.45) is 0.612. The number of ether oxygens (including phenoxy) is 3. The maximum absolute atomic E-state index is 13.8. The predicted octanol–water partition coefficient (Wildman–Crippen LogP) is 3.59. The van der Waals surface area contributed by atoms with Gasteiger partial charge in [-0.3, -0.25) is 14.5 Å². The normalized spacial score (nSPS) is 17.8. The molecule has 0 unspecified atom stereocenters. The number of carbonyl (C=O) groups excluding carboxylic acids is 2. The minimum Gasteiger partial charge on any atom is -0.494 e. The quantitative estimate of drug-likeness (QED) is 0.281. The van der Waals surface area contributed by atoms with E-state index >= 15 is 0 Å². The molecule has 0 aliphatic carbocycles. The minimum absolute atomic E-state index is 0.184. The molecule has 0 saturated heterocycles. The van der Waals surface area contributed by atoms with Crippen LogP contribution in [0.5, 0.6) is 5.75 Å². The molecule has 1 aliphatic rings. The van der Waals surface area contributed by atoms with E-state index in [-0.39, 0.29) is 12.5 Å². The average Bonchev–Trinajstić information content (AvgIpc) is 3.20. The molecule has 0 radical (unpaired) electrons. The third-order valence-corrected chi connectivity index (χ3v) is 5.75. The molecule has 174 valence electrons. The van der Waals surface area contributed by atoms with Crippen LogP contribution in [0, 0.1) is 5.92 Å². The van der Waals surface area contributed by atoms with Gasteiger partial charge >= 0.3 is 5.97 Å². The Kier molecular flexibility index (Phi) is 6.93. The molecule has 1 amide bonds. The van der Waals surface area contributed by atoms with Crippen LogP contribution >= 0.6 is 0 Å². The molecule has 0 saturated carbocycles. The van der Waals surface area contributed by atoms with Gasteiger partial charge in [0.15, 0.2) is 5.92 Å². The summed E-state index contributed by atoms with van der Waals surface area (Å²) >= 11 is 0. The lowest BCUT2D eigenvalue weighted by atomic mass is 9.88. The molecule has 0 spiro atoms. The summed E-state index contributed by atoms with van der Waals surface area (Å²) in [7, 11) is 1.62. The number of rotatable bonds is 9. The van der Waals surface area contributed by atoms with Crippen molar-refractivity contribution < 1.29 is 23.8 Å². The van der Waals surface area contributed by atoms with Crippen molar-refractivity contribution >= 4 is 28.9 Å². The molecule has 2 aromatic carbocycles. The molecule has 2 atom stereocenters. The number of aromatic nitrogens is 2. The molecule has 8 nitrogen and oxygen atoms in total. The van der Waals surface area contributed by atoms with E-state index in [0.29, 0.717) is 37.9 Å². The smallest absolute Gasteiger partial charge is 0.321 e. The fourth-order valence-electron chi connectivity index (χ4n) is 4.42. The maximum atomic E-state index is 13.8. The second-order valence-electron chi connectivity index (χ2n) is 7.75. The van der Waals surface area contributed by atoms with Crippen molar-refractivity contribution in [3.8, 4) is 5.75 Å². The van der Waals surface area contributed by atoms with E-state index in [9.17, 15) is 9.59 Å². The molecule has 33 heavy (non-hydrogen) atoms. The Balaban J connectivity index is 1.96. The van der Waals surface area contributed by atoms with E-state index in [4.69, 9.17) is 19.2 Å². The van der Waals surface area contributed by atoms with Crippen molar-refractivity contribution in [2.24, 2.45) is 5.92 Å². The summed E-state index contributed by atoms with van der Waals surface area (Å²) in [5, 5.41) is 0. The second kappa shape index (κ2) is 10.0. The molecule has 4 rings (SSSR count). The van der Waals surface area contributed by atoms with E-state index in [2.05, 4.69) is 0 Å². The van der Waals surface area contributed by atoms with E-state index in [1.165, 1.54) is 0 Å². The van der Waals surface area contributed by atoms with Crippen molar-refractivity contribution in [2.45, 2.75) is 26.3 Å². The Bertz CT molecular complexity index is 1140. The van der Waals surface area contributed by atoms with Gasteiger partial charge in [-0.15, -0.1) is 0 Å². The van der Waals surface area contributed by atoms with E-state index in [1.807, 2.05) is 60.0 Å². The number of esters is 1. The first kappa shape index (κ1) is 22.8. The number of anilines is 1. The van der Waals surface area contributed by atoms with Gasteiger partial charge in [-0.2, -0.15) is 0 Å². The van der Waals surface area contributed by atoms with Gasteiger partial charge < -0.3 is 18.8 Å². The molecular formula is C25H29N3O5. The van der Waals surface area contributed by atoms with Crippen molar-refractivity contribution in [3.63, 3.8) is 0 Å². The van der Waals surface area contributed by atoms with Crippen LogP contribution in [0.4, 0.5) is 5.95 Å². The molecule has 0 fully saturated rings. The zero-order valence-corrected chi connectivity index (χ0v) is 19.2. The number of methoxy groups -OCH3 is 1. The third kappa shape index (κ3) is 4.18. The molecule has 1 aromatic heterocycles. The Labute approximate surface area is 193 Å². The van der Waals surface area contributed by atoms with Gasteiger partial charge in [0.05, 0.1) is 30.3 Å². The monoisotopic (exact) mass is 451 g/mol. The van der Waals surface area contributed by atoms with Crippen LogP contribution < -0.4 is 9.64 Å². The number of nitrogens with zero attached hydrogens (tertiary/aromatic N) is 3. The number of fused-ring (bicyclic) bond motifs is 3. The standard InChI is InChI=1S/C25H29N3O5/c1-4-32-20-14-9-6-11-17(20)22-21(24(30)33-5-2)23(29)27(15-10-16-31-3)25-26-18-12-7-8-13-19(18)28(22)25/h6-9,11-14,21-22H,4-5,10,15-16H2,1-3H3/t21-,22+/m1/s1. The van der Waals surface area contributed by atoms with Gasteiger partial charge in [0.25, 0.3) is 0 Å². The largest absolute Gasteiger partial charge is 0.494 e. The van der Waals surface area contributed by atoms with Gasteiger partial charge in [0.1, 0.15) is 5.75 Å². The fourth-order valence-corrected chi connectivity index (χ4v) is 4.42. The number of imidazole rings is 1. The highest BCUT2D eigenvalue weighted by atomic mass is 16.5. The second-order valence-corrected chi connectivity index (χ2v) is 7.75. The van der Waals surface area contributed by atoms with Gasteiger partial charge in [-0.25, -0.2) is 4.98 Å². The number of benzene rings is 2. The first-order chi connectivity index (χ1) is 16.1. The van der Waals surface area contributed by atoms with Gasteiger partial charge in [0.2, 0.25) is 11.9 Å². The highest BCUT2D eigenvalue weighted by Gasteiger charge is 2.48. The molecule has 0 N–H and O–H groups in total. The SMILES string of the molecule is CCOC(=O)[C@H]1C(=O)N(CCCOC)c2nc3ccccc3n2[C@H]1c1ccccc1OCC. The minimum atomic E-state index is -1.07. The highest BCUT2D eigenvalue weighted by Crippen LogP contribution is 2.43. The molecule has 8 heteroatoms. The van der Waals surface area contributed by atoms with Gasteiger partial charge in [-0.1, -0.05) is 30.3 Å². The number of carbonyl (C=O) groups is 2. The number of para-hydroxylation sites is 3. The van der Waals surface area contributed by atoms with Crippen molar-refractivity contribution in [3.05, 3.63) is 54.1 Å². The Morgan fingerprint density at radius 2 is 1.82 bits per heavy atom. The van der Waals surface area contributed by atoms with E-state index in [0.717, 1.165) is 16.6 Å². The molecular weight excluding hydrogens is 422 g/mol. The molecule has 2 heterocycles. The number of hydrogen-bond acceptors (Lipinski definition) is 6. The van der Waals surface area contributed by atoms with Crippen LogP contribution in [0.15, 0.2) is 48.5 Å². The topological polar surface area (TPSA) is 82.9 Å². The zero-order chi connectivity index (χ0) is 23.4. The summed E-state index contributed by atoms with van der Waals surface area (Å²) < 4.78 is 18.5. The first-order valence-electron chi connectivity index (χ1n) is 11.3. The summed E-state index contributed by atoms with van der Waals surface area (Å²) in [6, 6.07) is 14.6. The molecule has 3 aromatic rings. The highest BCUT2D eigenvalue weighted by molar-refractivity contribution is 6.08.